The molecule has 2 bridgehead atoms. The van der Waals surface area contributed by atoms with Gasteiger partial charge in [0.15, 0.2) is 0 Å². The minimum atomic E-state index is -1.37. The molecule has 0 spiro atoms. The summed E-state index contributed by atoms with van der Waals surface area (Å²) in [5, 5.41) is -2.81. The van der Waals surface area contributed by atoms with Gasteiger partial charge in [-0.2, -0.15) is 0 Å². The van der Waals surface area contributed by atoms with Crippen molar-refractivity contribution in [2.24, 2.45) is 16.2 Å². The number of hydrogen-bond donors (Lipinski definition) is 0. The van der Waals surface area contributed by atoms with E-state index >= 15 is 0 Å². The summed E-state index contributed by atoms with van der Waals surface area (Å²) in [6.07, 6.45) is 0.582. The highest BCUT2D eigenvalue weighted by Crippen LogP contribution is 2.66. The van der Waals surface area contributed by atoms with Gasteiger partial charge in [0.25, 0.3) is 0 Å². The molecule has 2 fully saturated rings. The lowest BCUT2D eigenvalue weighted by Crippen LogP contribution is -2.48. The third kappa shape index (κ3) is 2.76. The molecule has 0 saturated heterocycles. The maximum atomic E-state index is 12.0. The second-order valence-corrected chi connectivity index (χ2v) is 7.68. The summed E-state index contributed by atoms with van der Waals surface area (Å²) in [6.45, 7) is 0. The first kappa shape index (κ1) is 17.2. The van der Waals surface area contributed by atoms with E-state index in [9.17, 15) is 19.2 Å². The second kappa shape index (κ2) is 5.48. The van der Waals surface area contributed by atoms with Crippen LogP contribution >= 0.6 is 46.4 Å². The van der Waals surface area contributed by atoms with E-state index in [1.54, 1.807) is 0 Å². The summed E-state index contributed by atoms with van der Waals surface area (Å²) in [4.78, 5) is 47.0. The number of hydrogen-bond acceptors (Lipinski definition) is 4. The highest BCUT2D eigenvalue weighted by atomic mass is 35.5. The van der Waals surface area contributed by atoms with Crippen molar-refractivity contribution >= 4 is 67.4 Å². The van der Waals surface area contributed by atoms with E-state index in [4.69, 9.17) is 46.4 Å². The van der Waals surface area contributed by atoms with Crippen molar-refractivity contribution in [3.05, 3.63) is 0 Å². The summed E-state index contributed by atoms with van der Waals surface area (Å²) < 4.78 is 0. The van der Waals surface area contributed by atoms with Crippen LogP contribution in [0.4, 0.5) is 0 Å². The van der Waals surface area contributed by atoms with Crippen LogP contribution < -0.4 is 0 Å². The van der Waals surface area contributed by atoms with Crippen LogP contribution in [0.2, 0.25) is 0 Å². The van der Waals surface area contributed by atoms with Crippen LogP contribution in [0.5, 0.6) is 0 Å². The Bertz CT molecular complexity index is 516. The maximum Gasteiger partial charge on any atom is 0.228 e. The molecule has 0 heterocycles. The number of carbonyl (C=O) groups excluding carboxylic acids is 4. The van der Waals surface area contributed by atoms with Crippen LogP contribution in [-0.2, 0) is 19.2 Å². The predicted octanol–water partition coefficient (Wildman–Crippen LogP) is 3.38. The van der Waals surface area contributed by atoms with Gasteiger partial charge in [-0.25, -0.2) is 0 Å². The Morgan fingerprint density at radius 3 is 1.43 bits per heavy atom. The molecule has 0 aromatic carbocycles. The molecule has 0 aromatic heterocycles. The summed E-state index contributed by atoms with van der Waals surface area (Å²) >= 11 is 22.5. The lowest BCUT2D eigenvalue weighted by atomic mass is 9.57. The highest BCUT2D eigenvalue weighted by molar-refractivity contribution is 6.68. The lowest BCUT2D eigenvalue weighted by molar-refractivity contribution is -0.141. The maximum absolute atomic E-state index is 12.0. The molecule has 2 rings (SSSR count). The fraction of sp³-hybridized carbons (Fsp3) is 0.692. The Hall–Kier alpha value is -0.160. The summed E-state index contributed by atoms with van der Waals surface area (Å²) in [5.74, 6) is 0. The van der Waals surface area contributed by atoms with E-state index in [1.165, 1.54) is 0 Å². The molecule has 4 nitrogen and oxygen atoms in total. The van der Waals surface area contributed by atoms with Crippen LogP contribution in [0.25, 0.3) is 0 Å². The molecule has 2 aliphatic rings. The molecule has 0 aliphatic heterocycles. The van der Waals surface area contributed by atoms with Crippen molar-refractivity contribution in [2.75, 3.05) is 0 Å². The molecule has 0 radical (unpaired) electrons. The van der Waals surface area contributed by atoms with Crippen molar-refractivity contribution in [1.82, 2.24) is 0 Å². The van der Waals surface area contributed by atoms with Gasteiger partial charge in [-0.15, -0.1) is 0 Å². The molecule has 2 atom stereocenters. The summed E-state index contributed by atoms with van der Waals surface area (Å²) in [6, 6.07) is 0. The molecular weight excluding hydrogens is 362 g/mol. The van der Waals surface area contributed by atoms with Crippen LogP contribution in [0, 0.1) is 16.2 Å². The Morgan fingerprint density at radius 2 is 1.14 bits per heavy atom. The molecule has 8 heteroatoms. The van der Waals surface area contributed by atoms with Crippen molar-refractivity contribution in [3.8, 4) is 0 Å². The number of carbonyl (C=O) groups is 4. The smallest absolute Gasteiger partial charge is 0.228 e. The minimum Gasteiger partial charge on any atom is -0.281 e. The molecule has 0 aromatic rings. The molecule has 116 valence electrons. The first-order valence-corrected chi connectivity index (χ1v) is 7.87. The molecular formula is C13H12Cl4O4. The van der Waals surface area contributed by atoms with Gasteiger partial charge in [0, 0.05) is 17.3 Å². The number of fused-ring (bicyclic) bond motifs is 2. The zero-order chi connectivity index (χ0) is 16.1. The van der Waals surface area contributed by atoms with Crippen LogP contribution in [0.1, 0.15) is 38.5 Å². The van der Waals surface area contributed by atoms with Crippen LogP contribution in [-0.4, -0.2) is 21.0 Å². The average Bonchev–Trinajstić information content (AvgIpc) is 2.63. The first-order valence-electron chi connectivity index (χ1n) is 6.36. The predicted molar refractivity (Wildman–Crippen MR) is 78.4 cm³/mol. The molecule has 0 amide bonds. The zero-order valence-electron chi connectivity index (χ0n) is 10.9. The number of halogens is 4. The molecule has 21 heavy (non-hydrogen) atoms. The van der Waals surface area contributed by atoms with Gasteiger partial charge < -0.3 is 0 Å². The monoisotopic (exact) mass is 372 g/mol. The molecule has 2 aliphatic carbocycles. The zero-order valence-corrected chi connectivity index (χ0v) is 13.9. The normalized spacial score (nSPS) is 38.1. The topological polar surface area (TPSA) is 68.3 Å². The van der Waals surface area contributed by atoms with Gasteiger partial charge in [0.05, 0.1) is 5.41 Å². The van der Waals surface area contributed by atoms with Gasteiger partial charge in [-0.1, -0.05) is 0 Å². The standard InChI is InChI=1S/C13H12Cl4O4/c14-7(18)3-13(10(17)21)5-11(8(15)19)1-2-12(4-11,6-13)9(16)20/h1-6H2. The van der Waals surface area contributed by atoms with E-state index in [2.05, 4.69) is 0 Å². The van der Waals surface area contributed by atoms with Gasteiger partial charge in [-0.05, 0) is 78.5 Å². The Labute approximate surface area is 141 Å². The van der Waals surface area contributed by atoms with Crippen molar-refractivity contribution in [2.45, 2.75) is 38.5 Å². The molecule has 2 unspecified atom stereocenters. The third-order valence-electron chi connectivity index (χ3n) is 4.84. The molecule has 2 saturated carbocycles. The molecule has 0 N–H and O–H groups in total. The second-order valence-electron chi connectivity index (χ2n) is 6.22. The van der Waals surface area contributed by atoms with E-state index in [0.717, 1.165) is 0 Å². The van der Waals surface area contributed by atoms with Gasteiger partial charge in [0.2, 0.25) is 21.0 Å². The fourth-order valence-corrected chi connectivity index (χ4v) is 4.95. The summed E-state index contributed by atoms with van der Waals surface area (Å²) in [7, 11) is 0. The lowest BCUT2D eigenvalue weighted by Gasteiger charge is -2.45. The van der Waals surface area contributed by atoms with Crippen molar-refractivity contribution in [1.29, 1.82) is 0 Å². The Kier molecular flexibility index (Phi) is 4.49. The van der Waals surface area contributed by atoms with Gasteiger partial charge in [0.1, 0.15) is 0 Å². The highest BCUT2D eigenvalue weighted by Gasteiger charge is 2.65. The Morgan fingerprint density at radius 1 is 0.714 bits per heavy atom. The van der Waals surface area contributed by atoms with E-state index in [-0.39, 0.29) is 25.7 Å². The summed E-state index contributed by atoms with van der Waals surface area (Å²) in [5.41, 5.74) is -3.48. The Balaban J connectivity index is 2.54. The van der Waals surface area contributed by atoms with Crippen LogP contribution in [0.15, 0.2) is 0 Å². The van der Waals surface area contributed by atoms with E-state index in [1.807, 2.05) is 0 Å². The average molecular weight is 374 g/mol. The van der Waals surface area contributed by atoms with E-state index in [0.29, 0.717) is 12.8 Å². The number of rotatable bonds is 5. The quantitative estimate of drug-likeness (QED) is 0.692. The van der Waals surface area contributed by atoms with Gasteiger partial charge in [-0.3, -0.25) is 19.2 Å². The van der Waals surface area contributed by atoms with Crippen molar-refractivity contribution in [3.63, 3.8) is 0 Å². The fourth-order valence-electron chi connectivity index (χ4n) is 4.04. The first-order chi connectivity index (χ1) is 9.58. The largest absolute Gasteiger partial charge is 0.281 e. The van der Waals surface area contributed by atoms with E-state index < -0.39 is 37.2 Å². The minimum absolute atomic E-state index is 0.0229. The third-order valence-corrected chi connectivity index (χ3v) is 6.18. The van der Waals surface area contributed by atoms with Crippen molar-refractivity contribution < 1.29 is 19.2 Å². The SMILES string of the molecule is O=C(Cl)CC1(C(=O)Cl)CC2(C(=O)Cl)CCC(C(=O)Cl)(C2)C1. The van der Waals surface area contributed by atoms with Gasteiger partial charge >= 0.3 is 0 Å². The van der Waals surface area contributed by atoms with Crippen LogP contribution in [0.3, 0.4) is 0 Å².